The highest BCUT2D eigenvalue weighted by Crippen LogP contribution is 2.19. The summed E-state index contributed by atoms with van der Waals surface area (Å²) >= 11 is 0. The number of carbonyl (C=O) groups is 2. The molecule has 0 radical (unpaired) electrons. The fraction of sp³-hybridized carbons (Fsp3) is 0.893. The number of allylic oxidation sites excluding steroid dienone is 5. The van der Waals surface area contributed by atoms with Crippen molar-refractivity contribution in [1.29, 1.82) is 0 Å². The molecule has 6 nitrogen and oxygen atoms in total. The topological polar surface area (TPSA) is 95.9 Å². The van der Waals surface area contributed by atoms with Gasteiger partial charge in [-0.3, -0.25) is 9.59 Å². The van der Waals surface area contributed by atoms with E-state index in [1.165, 1.54) is 334 Å². The number of rotatable bonds is 69. The van der Waals surface area contributed by atoms with Gasteiger partial charge < -0.3 is 20.3 Å². The molecule has 1 amide bonds. The van der Waals surface area contributed by atoms with Crippen LogP contribution in [0.4, 0.5) is 0 Å². The first-order valence-corrected chi connectivity index (χ1v) is 36.8. The number of hydrogen-bond acceptors (Lipinski definition) is 5. The predicted octanol–water partition coefficient (Wildman–Crippen LogP) is 23.9. The van der Waals surface area contributed by atoms with E-state index in [2.05, 4.69) is 43.5 Å². The minimum atomic E-state index is -0.845. The average Bonchev–Trinajstić information content (AvgIpc) is 3.47. The van der Waals surface area contributed by atoms with Crippen molar-refractivity contribution >= 4 is 11.9 Å². The maximum Gasteiger partial charge on any atom is 0.305 e. The summed E-state index contributed by atoms with van der Waals surface area (Å²) in [5.41, 5.74) is 0. The largest absolute Gasteiger partial charge is 0.466 e. The SMILES string of the molecule is CCCCCCCC/C=C\CCCCCCCC(=O)OCCCCCCCCCCCCCC/C=C\CCCCCCCCCCCCCCCC(=O)NC(CO)C(O)/C=C/CCCCCCCCCCCCCCCCCCCC. The number of nitrogens with one attached hydrogen (secondary N) is 1. The summed E-state index contributed by atoms with van der Waals surface area (Å²) in [6.45, 7) is 4.93. The summed E-state index contributed by atoms with van der Waals surface area (Å²) in [6, 6.07) is -0.628. The normalized spacial score (nSPS) is 12.7. The van der Waals surface area contributed by atoms with E-state index in [1.807, 2.05) is 6.08 Å². The maximum atomic E-state index is 12.5. The van der Waals surface area contributed by atoms with Crippen molar-refractivity contribution in [3.63, 3.8) is 0 Å². The molecule has 0 aromatic rings. The van der Waals surface area contributed by atoms with Gasteiger partial charge in [0.05, 0.1) is 25.4 Å². The fourth-order valence-electron chi connectivity index (χ4n) is 11.5. The molecule has 0 aromatic heterocycles. The van der Waals surface area contributed by atoms with E-state index in [4.69, 9.17) is 4.74 Å². The zero-order chi connectivity index (χ0) is 58.5. The van der Waals surface area contributed by atoms with Crippen LogP contribution in [-0.4, -0.2) is 47.4 Å². The first kappa shape index (κ1) is 79.1. The van der Waals surface area contributed by atoms with Gasteiger partial charge in [0.2, 0.25) is 5.91 Å². The molecule has 478 valence electrons. The first-order chi connectivity index (χ1) is 40.0. The second-order valence-corrected chi connectivity index (χ2v) is 25.3. The number of aliphatic hydroxyl groups excluding tert-OH is 2. The third-order valence-electron chi connectivity index (χ3n) is 17.1. The molecule has 81 heavy (non-hydrogen) atoms. The van der Waals surface area contributed by atoms with Crippen molar-refractivity contribution in [2.24, 2.45) is 0 Å². The molecule has 0 aliphatic heterocycles. The van der Waals surface area contributed by atoms with Crippen LogP contribution in [0.2, 0.25) is 0 Å². The Hall–Kier alpha value is -1.92. The summed E-state index contributed by atoms with van der Waals surface area (Å²) in [5.74, 6) is -0.0548. The molecule has 3 N–H and O–H groups in total. The van der Waals surface area contributed by atoms with E-state index in [0.29, 0.717) is 19.4 Å². The summed E-state index contributed by atoms with van der Waals surface area (Å²) in [6.07, 6.45) is 90.9. The van der Waals surface area contributed by atoms with Gasteiger partial charge in [-0.15, -0.1) is 0 Å². The molecule has 2 atom stereocenters. The van der Waals surface area contributed by atoms with Crippen LogP contribution in [0.15, 0.2) is 36.5 Å². The molecular formula is C75H143NO5. The van der Waals surface area contributed by atoms with Gasteiger partial charge in [-0.25, -0.2) is 0 Å². The van der Waals surface area contributed by atoms with Gasteiger partial charge >= 0.3 is 5.97 Å². The van der Waals surface area contributed by atoms with Crippen LogP contribution < -0.4 is 5.32 Å². The van der Waals surface area contributed by atoms with Gasteiger partial charge in [-0.05, 0) is 83.5 Å². The van der Waals surface area contributed by atoms with Crippen LogP contribution in [0.25, 0.3) is 0 Å². The molecule has 0 saturated heterocycles. The molecule has 0 spiro atoms. The minimum absolute atomic E-state index is 0.00875. The van der Waals surface area contributed by atoms with Crippen LogP contribution in [-0.2, 0) is 14.3 Å². The number of unbranched alkanes of at least 4 members (excludes halogenated alkanes) is 54. The van der Waals surface area contributed by atoms with Crippen molar-refractivity contribution in [2.75, 3.05) is 13.2 Å². The van der Waals surface area contributed by atoms with Crippen LogP contribution in [0, 0.1) is 0 Å². The lowest BCUT2D eigenvalue weighted by Gasteiger charge is -2.20. The minimum Gasteiger partial charge on any atom is -0.466 e. The summed E-state index contributed by atoms with van der Waals surface area (Å²) < 4.78 is 5.49. The molecule has 0 bridgehead atoms. The van der Waals surface area contributed by atoms with Crippen LogP contribution in [0.3, 0.4) is 0 Å². The predicted molar refractivity (Wildman–Crippen MR) is 356 cm³/mol. The highest BCUT2D eigenvalue weighted by atomic mass is 16.5. The Labute approximate surface area is 506 Å². The molecule has 0 rings (SSSR count). The average molecular weight is 1140 g/mol. The Kier molecular flexibility index (Phi) is 68.9. The second kappa shape index (κ2) is 70.6. The van der Waals surface area contributed by atoms with Crippen molar-refractivity contribution in [3.8, 4) is 0 Å². The van der Waals surface area contributed by atoms with E-state index in [1.54, 1.807) is 6.08 Å². The van der Waals surface area contributed by atoms with Crippen LogP contribution in [0.1, 0.15) is 406 Å². The van der Waals surface area contributed by atoms with Crippen molar-refractivity contribution in [3.05, 3.63) is 36.5 Å². The standard InChI is InChI=1S/C75H143NO5/c1-3-5-7-9-11-13-15-17-19-20-21-33-36-40-43-47-51-55-59-63-67-73(78)72(71-77)76-74(79)68-64-60-56-52-48-44-41-37-34-31-29-27-25-23-22-24-26-28-30-32-35-38-42-46-50-54-58-62-66-70-81-75(80)69-65-61-57-53-49-45-39-18-16-14-12-10-8-6-4-2/h18,22,24,39,63,67,72-73,77-78H,3-17,19-21,23,25-38,40-62,64-66,68-71H2,1-2H3,(H,76,79)/b24-22-,39-18-,67-63+. The summed E-state index contributed by atoms with van der Waals surface area (Å²) in [7, 11) is 0. The molecule has 0 aliphatic carbocycles. The zero-order valence-corrected chi connectivity index (χ0v) is 54.8. The van der Waals surface area contributed by atoms with E-state index >= 15 is 0 Å². The fourth-order valence-corrected chi connectivity index (χ4v) is 11.5. The Morgan fingerprint density at radius 2 is 0.580 bits per heavy atom. The smallest absolute Gasteiger partial charge is 0.305 e. The number of esters is 1. The van der Waals surface area contributed by atoms with E-state index in [-0.39, 0.29) is 18.5 Å². The molecular weight excluding hydrogens is 995 g/mol. The van der Waals surface area contributed by atoms with Crippen molar-refractivity contribution < 1.29 is 24.5 Å². The number of carbonyl (C=O) groups excluding carboxylic acids is 2. The Balaban J connectivity index is 3.40. The lowest BCUT2D eigenvalue weighted by Crippen LogP contribution is -2.45. The Morgan fingerprint density at radius 3 is 0.877 bits per heavy atom. The van der Waals surface area contributed by atoms with Gasteiger partial charge in [0.25, 0.3) is 0 Å². The Bertz CT molecular complexity index is 1310. The highest BCUT2D eigenvalue weighted by Gasteiger charge is 2.18. The molecule has 0 aromatic carbocycles. The molecule has 6 heteroatoms. The molecule has 0 aliphatic rings. The molecule has 2 unspecified atom stereocenters. The van der Waals surface area contributed by atoms with Crippen molar-refractivity contribution in [1.82, 2.24) is 5.32 Å². The maximum absolute atomic E-state index is 12.5. The quantitative estimate of drug-likeness (QED) is 0.0320. The lowest BCUT2D eigenvalue weighted by molar-refractivity contribution is -0.143. The third kappa shape index (κ3) is 67.1. The van der Waals surface area contributed by atoms with Gasteiger partial charge in [0.1, 0.15) is 0 Å². The van der Waals surface area contributed by atoms with Crippen LogP contribution in [0.5, 0.6) is 0 Å². The van der Waals surface area contributed by atoms with Crippen LogP contribution >= 0.6 is 0 Å². The molecule has 0 saturated carbocycles. The van der Waals surface area contributed by atoms with Gasteiger partial charge in [-0.1, -0.05) is 346 Å². The van der Waals surface area contributed by atoms with E-state index < -0.39 is 12.1 Å². The number of amides is 1. The molecule has 0 fully saturated rings. The summed E-state index contributed by atoms with van der Waals surface area (Å²) in [5, 5.41) is 23.3. The first-order valence-electron chi connectivity index (χ1n) is 36.8. The molecule has 0 heterocycles. The van der Waals surface area contributed by atoms with Gasteiger partial charge in [-0.2, -0.15) is 0 Å². The number of aliphatic hydroxyl groups is 2. The van der Waals surface area contributed by atoms with Crippen molar-refractivity contribution in [2.45, 2.75) is 418 Å². The van der Waals surface area contributed by atoms with Gasteiger partial charge in [0.15, 0.2) is 0 Å². The number of ether oxygens (including phenoxy) is 1. The van der Waals surface area contributed by atoms with Gasteiger partial charge in [0, 0.05) is 12.8 Å². The second-order valence-electron chi connectivity index (χ2n) is 25.3. The summed E-state index contributed by atoms with van der Waals surface area (Å²) in [4.78, 5) is 24.6. The third-order valence-corrected chi connectivity index (χ3v) is 17.1. The zero-order valence-electron chi connectivity index (χ0n) is 54.8. The lowest BCUT2D eigenvalue weighted by atomic mass is 10.0. The number of hydrogen-bond donors (Lipinski definition) is 3. The Morgan fingerprint density at radius 1 is 0.333 bits per heavy atom. The van der Waals surface area contributed by atoms with E-state index in [0.717, 1.165) is 44.9 Å². The van der Waals surface area contributed by atoms with E-state index in [9.17, 15) is 19.8 Å². The monoisotopic (exact) mass is 1140 g/mol. The highest BCUT2D eigenvalue weighted by molar-refractivity contribution is 5.76.